The van der Waals surface area contributed by atoms with Crippen molar-refractivity contribution in [1.82, 2.24) is 40.4 Å². The fourth-order valence-electron chi connectivity index (χ4n) is 4.25. The van der Waals surface area contributed by atoms with Crippen LogP contribution in [0.25, 0.3) is 10.2 Å². The Balaban J connectivity index is 1.42. The molecule has 180 valence electrons. The highest BCUT2D eigenvalue weighted by atomic mass is 32.1. The van der Waals surface area contributed by atoms with Crippen LogP contribution in [-0.4, -0.2) is 73.5 Å². The Bertz CT molecular complexity index is 1320. The molecule has 2 N–H and O–H groups in total. The Morgan fingerprint density at radius 2 is 2.14 bits per heavy atom. The number of amides is 1. The number of tetrazole rings is 1. The maximum absolute atomic E-state index is 12.7. The van der Waals surface area contributed by atoms with E-state index in [1.54, 1.807) is 23.7 Å². The monoisotopic (exact) mass is 489 g/mol. The van der Waals surface area contributed by atoms with Crippen molar-refractivity contribution < 1.29 is 4.79 Å². The van der Waals surface area contributed by atoms with Gasteiger partial charge in [-0.15, -0.1) is 21.5 Å². The van der Waals surface area contributed by atoms with Crippen molar-refractivity contribution >= 4 is 33.3 Å². The molecule has 0 aliphatic carbocycles. The Morgan fingerprint density at radius 3 is 2.91 bits per heavy atom. The van der Waals surface area contributed by atoms with Crippen LogP contribution in [0.5, 0.6) is 0 Å². The lowest BCUT2D eigenvalue weighted by Crippen LogP contribution is -2.34. The standard InChI is InChI=1S/C24H27N9OS/c1-32(2)11-6-9-21(34)33-12-10-17-19(14-33)35-24-22(17)23(25-15-26-24)27-18(13-20-28-30-31-29-20)16-7-4-3-5-8-16/h3-9,15,18H,10-14H2,1-2H3,(H,25,26,27)(H,28,29,30,31)/t18-/m1/s1. The van der Waals surface area contributed by atoms with Crippen LogP contribution in [0, 0.1) is 0 Å². The minimum absolute atomic E-state index is 0.0450. The van der Waals surface area contributed by atoms with Gasteiger partial charge in [0, 0.05) is 30.5 Å². The fraction of sp³-hybridized carbons (Fsp3) is 0.333. The van der Waals surface area contributed by atoms with Crippen molar-refractivity contribution in [2.45, 2.75) is 25.4 Å². The number of nitrogens with zero attached hydrogens (tertiary/aromatic N) is 7. The zero-order valence-electron chi connectivity index (χ0n) is 19.7. The molecule has 0 unspecified atom stereocenters. The molecule has 0 bridgehead atoms. The molecule has 0 radical (unpaired) electrons. The molecule has 1 aromatic carbocycles. The molecule has 11 heteroatoms. The van der Waals surface area contributed by atoms with E-state index in [0.29, 0.717) is 25.3 Å². The highest BCUT2D eigenvalue weighted by molar-refractivity contribution is 7.19. The van der Waals surface area contributed by atoms with Gasteiger partial charge in [-0.05, 0) is 31.6 Å². The summed E-state index contributed by atoms with van der Waals surface area (Å²) in [6.07, 6.45) is 6.50. The second kappa shape index (κ2) is 10.3. The average molecular weight is 490 g/mol. The Labute approximate surface area is 207 Å². The van der Waals surface area contributed by atoms with E-state index in [2.05, 4.69) is 48.0 Å². The number of nitrogens with one attached hydrogen (secondary N) is 2. The molecule has 4 aromatic rings. The number of carbonyl (C=O) groups is 1. The number of likely N-dealkylation sites (N-methyl/N-ethyl adjacent to an activating group) is 1. The summed E-state index contributed by atoms with van der Waals surface area (Å²) in [6.45, 7) is 2.00. The SMILES string of the molecule is CN(C)CC=CC(=O)N1CCc2c(sc3ncnc(N[C@H](Cc4nn[nH]n4)c4ccccc4)c23)C1. The number of hydrogen-bond donors (Lipinski definition) is 2. The normalized spacial score (nSPS) is 14.5. The summed E-state index contributed by atoms with van der Waals surface area (Å²) in [6, 6.07) is 10.1. The van der Waals surface area contributed by atoms with Gasteiger partial charge in [0.05, 0.1) is 18.0 Å². The molecule has 10 nitrogen and oxygen atoms in total. The van der Waals surface area contributed by atoms with Crippen LogP contribution in [0.3, 0.4) is 0 Å². The number of anilines is 1. The van der Waals surface area contributed by atoms with Gasteiger partial charge in [-0.3, -0.25) is 4.79 Å². The van der Waals surface area contributed by atoms with E-state index in [1.165, 1.54) is 10.4 Å². The van der Waals surface area contributed by atoms with E-state index in [-0.39, 0.29) is 11.9 Å². The smallest absolute Gasteiger partial charge is 0.246 e. The van der Waals surface area contributed by atoms with Crippen LogP contribution in [0.2, 0.25) is 0 Å². The van der Waals surface area contributed by atoms with E-state index in [4.69, 9.17) is 0 Å². The summed E-state index contributed by atoms with van der Waals surface area (Å²) in [7, 11) is 3.97. The molecule has 0 spiro atoms. The predicted octanol–water partition coefficient (Wildman–Crippen LogP) is 2.60. The molecule has 0 fully saturated rings. The van der Waals surface area contributed by atoms with Crippen LogP contribution in [0.1, 0.15) is 27.9 Å². The molecule has 1 aliphatic rings. The first-order chi connectivity index (χ1) is 17.1. The van der Waals surface area contributed by atoms with Gasteiger partial charge in [-0.25, -0.2) is 9.97 Å². The zero-order valence-corrected chi connectivity index (χ0v) is 20.5. The lowest BCUT2D eigenvalue weighted by molar-refractivity contribution is -0.126. The molecular formula is C24H27N9OS. The van der Waals surface area contributed by atoms with Gasteiger partial charge in [0.15, 0.2) is 5.82 Å². The van der Waals surface area contributed by atoms with Gasteiger partial charge in [0.1, 0.15) is 17.0 Å². The number of carbonyl (C=O) groups excluding carboxylic acids is 1. The number of aromatic amines is 1. The van der Waals surface area contributed by atoms with Crippen LogP contribution >= 0.6 is 11.3 Å². The van der Waals surface area contributed by atoms with Crippen molar-refractivity contribution in [3.63, 3.8) is 0 Å². The molecule has 1 amide bonds. The number of thiophene rings is 1. The van der Waals surface area contributed by atoms with Crippen molar-refractivity contribution in [2.75, 3.05) is 32.5 Å². The zero-order chi connectivity index (χ0) is 24.2. The summed E-state index contributed by atoms with van der Waals surface area (Å²) in [5.74, 6) is 1.46. The summed E-state index contributed by atoms with van der Waals surface area (Å²) in [4.78, 5) is 27.9. The van der Waals surface area contributed by atoms with Crippen LogP contribution in [0.4, 0.5) is 5.82 Å². The van der Waals surface area contributed by atoms with Crippen LogP contribution < -0.4 is 5.32 Å². The number of H-pyrrole nitrogens is 1. The van der Waals surface area contributed by atoms with Gasteiger partial charge in [-0.1, -0.05) is 41.6 Å². The molecule has 35 heavy (non-hydrogen) atoms. The second-order valence-electron chi connectivity index (χ2n) is 8.72. The first kappa shape index (κ1) is 23.1. The van der Waals surface area contributed by atoms with Gasteiger partial charge in [-0.2, -0.15) is 5.21 Å². The Kier molecular flexibility index (Phi) is 6.77. The quantitative estimate of drug-likeness (QED) is 0.363. The third-order valence-corrected chi connectivity index (χ3v) is 7.09. The molecule has 5 rings (SSSR count). The van der Waals surface area contributed by atoms with Gasteiger partial charge >= 0.3 is 0 Å². The molecular weight excluding hydrogens is 462 g/mol. The molecule has 4 heterocycles. The van der Waals surface area contributed by atoms with E-state index in [9.17, 15) is 4.79 Å². The Hall–Kier alpha value is -3.70. The first-order valence-electron chi connectivity index (χ1n) is 11.5. The highest BCUT2D eigenvalue weighted by Crippen LogP contribution is 2.38. The molecule has 0 saturated heterocycles. The van der Waals surface area contributed by atoms with E-state index < -0.39 is 0 Å². The number of benzene rings is 1. The maximum atomic E-state index is 12.7. The minimum Gasteiger partial charge on any atom is -0.362 e. The van der Waals surface area contributed by atoms with Gasteiger partial charge in [0.25, 0.3) is 0 Å². The third kappa shape index (κ3) is 5.20. The van der Waals surface area contributed by atoms with Crippen molar-refractivity contribution in [1.29, 1.82) is 0 Å². The van der Waals surface area contributed by atoms with E-state index in [0.717, 1.165) is 34.6 Å². The lowest BCUT2D eigenvalue weighted by atomic mass is 10.0. The van der Waals surface area contributed by atoms with E-state index >= 15 is 0 Å². The molecule has 1 atom stereocenters. The summed E-state index contributed by atoms with van der Waals surface area (Å²) in [5.41, 5.74) is 2.33. The van der Waals surface area contributed by atoms with E-state index in [1.807, 2.05) is 48.2 Å². The number of hydrogen-bond acceptors (Lipinski definition) is 9. The minimum atomic E-state index is -0.0917. The largest absolute Gasteiger partial charge is 0.362 e. The third-order valence-electron chi connectivity index (χ3n) is 5.97. The van der Waals surface area contributed by atoms with Crippen molar-refractivity contribution in [3.8, 4) is 0 Å². The maximum Gasteiger partial charge on any atom is 0.246 e. The summed E-state index contributed by atoms with van der Waals surface area (Å²) >= 11 is 1.64. The average Bonchev–Trinajstić information content (AvgIpc) is 3.51. The lowest BCUT2D eigenvalue weighted by Gasteiger charge is -2.26. The summed E-state index contributed by atoms with van der Waals surface area (Å²) < 4.78 is 0. The molecule has 0 saturated carbocycles. The second-order valence-corrected chi connectivity index (χ2v) is 9.80. The van der Waals surface area contributed by atoms with Crippen LogP contribution in [-0.2, 0) is 24.2 Å². The fourth-order valence-corrected chi connectivity index (χ4v) is 5.45. The van der Waals surface area contributed by atoms with Gasteiger partial charge in [0.2, 0.25) is 5.91 Å². The van der Waals surface area contributed by atoms with Crippen LogP contribution in [0.15, 0.2) is 48.8 Å². The van der Waals surface area contributed by atoms with Crippen molar-refractivity contribution in [3.05, 3.63) is 70.6 Å². The number of aromatic nitrogens is 6. The highest BCUT2D eigenvalue weighted by Gasteiger charge is 2.26. The Morgan fingerprint density at radius 1 is 1.29 bits per heavy atom. The number of fused-ring (bicyclic) bond motifs is 3. The first-order valence-corrected chi connectivity index (χ1v) is 12.3. The molecule has 1 aliphatic heterocycles. The summed E-state index contributed by atoms with van der Waals surface area (Å²) in [5, 5.41) is 19.2. The van der Waals surface area contributed by atoms with Gasteiger partial charge < -0.3 is 15.1 Å². The topological polar surface area (TPSA) is 116 Å². The molecule has 3 aromatic heterocycles. The predicted molar refractivity (Wildman–Crippen MR) is 135 cm³/mol. The number of rotatable bonds is 8. The van der Waals surface area contributed by atoms with Crippen molar-refractivity contribution in [2.24, 2.45) is 0 Å².